The van der Waals surface area contributed by atoms with Gasteiger partial charge in [-0.15, -0.1) is 23.7 Å². The lowest BCUT2D eigenvalue weighted by atomic mass is 10.1. The molecule has 2 aromatic heterocycles. The Bertz CT molecular complexity index is 487. The van der Waals surface area contributed by atoms with Crippen molar-refractivity contribution in [2.45, 2.75) is 25.3 Å². The molecule has 1 unspecified atom stereocenters. The maximum atomic E-state index is 6.12. The molecule has 0 aliphatic rings. The van der Waals surface area contributed by atoms with Gasteiger partial charge in [0.1, 0.15) is 5.01 Å². The van der Waals surface area contributed by atoms with Gasteiger partial charge in [0, 0.05) is 23.3 Å². The van der Waals surface area contributed by atoms with Crippen LogP contribution in [0.4, 0.5) is 0 Å². The summed E-state index contributed by atoms with van der Waals surface area (Å²) in [6, 6.07) is 3.94. The Morgan fingerprint density at radius 1 is 1.26 bits per heavy atom. The van der Waals surface area contributed by atoms with E-state index in [-0.39, 0.29) is 22.7 Å². The van der Waals surface area contributed by atoms with E-state index in [1.54, 1.807) is 23.7 Å². The molecule has 2 heterocycles. The van der Waals surface area contributed by atoms with Crippen molar-refractivity contribution in [1.29, 1.82) is 0 Å². The Hall–Kier alpha value is -1.01. The van der Waals surface area contributed by atoms with Crippen molar-refractivity contribution in [1.82, 2.24) is 9.97 Å². The molecule has 0 aliphatic carbocycles. The van der Waals surface area contributed by atoms with Gasteiger partial charge in [0.05, 0.1) is 11.7 Å². The number of nitrogens with two attached hydrogens (primary N) is 2. The van der Waals surface area contributed by atoms with Crippen LogP contribution < -0.4 is 11.5 Å². The second-order valence-electron chi connectivity index (χ2n) is 4.20. The molecule has 0 fully saturated rings. The van der Waals surface area contributed by atoms with Crippen molar-refractivity contribution in [3.63, 3.8) is 0 Å². The van der Waals surface area contributed by atoms with E-state index in [0.29, 0.717) is 0 Å². The van der Waals surface area contributed by atoms with E-state index in [1.807, 2.05) is 17.5 Å². The van der Waals surface area contributed by atoms with Gasteiger partial charge in [-0.1, -0.05) is 6.42 Å². The van der Waals surface area contributed by atoms with Crippen molar-refractivity contribution in [3.8, 4) is 11.3 Å². The average Bonchev–Trinajstić information content (AvgIpc) is 2.89. The number of hydrogen-bond donors (Lipinski definition) is 2. The second-order valence-corrected chi connectivity index (χ2v) is 5.09. The highest BCUT2D eigenvalue weighted by molar-refractivity contribution is 7.10. The maximum absolute atomic E-state index is 6.12. The van der Waals surface area contributed by atoms with E-state index in [2.05, 4.69) is 9.97 Å². The standard InChI is InChI=1S/C13H18N4S.ClH/c14-6-2-1-3-11(15)13-17-12(9-18-13)10-4-7-16-8-5-10;/h4-5,7-9,11H,1-3,6,14-15H2;1H/p+3. The lowest BCUT2D eigenvalue weighted by Crippen LogP contribution is -2.10. The normalized spacial score (nSPS) is 11.9. The summed E-state index contributed by atoms with van der Waals surface area (Å²) in [5.74, 6) is 0. The van der Waals surface area contributed by atoms with E-state index in [4.69, 9.17) is 11.5 Å². The van der Waals surface area contributed by atoms with Crippen molar-refractivity contribution in [2.75, 3.05) is 6.54 Å². The molecule has 1 atom stereocenters. The van der Waals surface area contributed by atoms with Crippen molar-refractivity contribution < 1.29 is 4.28 Å². The van der Waals surface area contributed by atoms with Gasteiger partial charge < -0.3 is 11.5 Å². The SMILES string of the molecule is Cl.NCCCCC(N)c1nc(-c2ccncc2)cs1.[H+].[H+].[H+]. The summed E-state index contributed by atoms with van der Waals surface area (Å²) < 4.78 is 0. The fraction of sp³-hybridized carbons (Fsp3) is 0.385. The molecule has 4 N–H and O–H groups in total. The van der Waals surface area contributed by atoms with Gasteiger partial charge in [0.15, 0.2) is 0 Å². The van der Waals surface area contributed by atoms with Crippen LogP contribution in [0.1, 0.15) is 34.6 Å². The number of aromatic nitrogens is 2. The maximum Gasteiger partial charge on any atom is 1.00 e. The van der Waals surface area contributed by atoms with Gasteiger partial charge in [-0.2, -0.15) is 0 Å². The molecule has 2 aromatic rings. The summed E-state index contributed by atoms with van der Waals surface area (Å²) in [5.41, 5.74) is 13.7. The summed E-state index contributed by atoms with van der Waals surface area (Å²) >= 11 is 1.62. The molecule has 0 saturated heterocycles. The van der Waals surface area contributed by atoms with Gasteiger partial charge in [-0.25, -0.2) is 4.98 Å². The molecule has 0 bridgehead atoms. The van der Waals surface area contributed by atoms with E-state index < -0.39 is 0 Å². The fourth-order valence-electron chi connectivity index (χ4n) is 1.75. The van der Waals surface area contributed by atoms with Crippen LogP contribution in [-0.2, 0) is 0 Å². The molecular formula is C13H22ClN4S+3. The Morgan fingerprint density at radius 2 is 2.00 bits per heavy atom. The number of unbranched alkanes of at least 4 members (excludes halogenated alkanes) is 1. The lowest BCUT2D eigenvalue weighted by molar-refractivity contribution is 0.589. The number of thiazole rings is 1. The molecule has 4 nitrogen and oxygen atoms in total. The number of pyridine rings is 1. The molecule has 2 rings (SSSR count). The van der Waals surface area contributed by atoms with Crippen LogP contribution >= 0.6 is 23.7 Å². The van der Waals surface area contributed by atoms with Gasteiger partial charge >= 0.3 is 4.28 Å². The van der Waals surface area contributed by atoms with Crippen LogP contribution in [0.15, 0.2) is 29.9 Å². The summed E-state index contributed by atoms with van der Waals surface area (Å²) in [4.78, 5) is 8.60. The molecular weight excluding hydrogens is 280 g/mol. The van der Waals surface area contributed by atoms with Gasteiger partial charge in [0.25, 0.3) is 0 Å². The first-order valence-electron chi connectivity index (χ1n) is 6.12. The number of halogens is 1. The van der Waals surface area contributed by atoms with E-state index in [9.17, 15) is 0 Å². The third-order valence-corrected chi connectivity index (χ3v) is 3.76. The Balaban J connectivity index is -0.000000902. The van der Waals surface area contributed by atoms with Gasteiger partial charge in [0.2, 0.25) is 0 Å². The minimum Gasteiger partial charge on any atom is -0.330 e. The number of rotatable bonds is 6. The Morgan fingerprint density at radius 3 is 2.68 bits per heavy atom. The molecule has 104 valence electrons. The summed E-state index contributed by atoms with van der Waals surface area (Å²) in [6.45, 7) is 0.729. The van der Waals surface area contributed by atoms with Crippen LogP contribution in [0.25, 0.3) is 11.3 Å². The number of nitrogens with zero attached hydrogens (tertiary/aromatic N) is 2. The third-order valence-electron chi connectivity index (χ3n) is 2.78. The Labute approximate surface area is 128 Å². The van der Waals surface area contributed by atoms with Crippen LogP contribution in [0.5, 0.6) is 0 Å². The van der Waals surface area contributed by atoms with E-state index in [0.717, 1.165) is 42.1 Å². The smallest absolute Gasteiger partial charge is 0.330 e. The first kappa shape index (κ1) is 16.0. The lowest BCUT2D eigenvalue weighted by Gasteiger charge is -2.07. The second kappa shape index (κ2) is 8.22. The highest BCUT2D eigenvalue weighted by atomic mass is 35.5. The molecule has 19 heavy (non-hydrogen) atoms. The largest absolute Gasteiger partial charge is 1.00 e. The highest BCUT2D eigenvalue weighted by Crippen LogP contribution is 2.26. The zero-order valence-corrected chi connectivity index (χ0v) is 12.3. The highest BCUT2D eigenvalue weighted by Gasteiger charge is 2.11. The van der Waals surface area contributed by atoms with E-state index in [1.165, 1.54) is 0 Å². The zero-order valence-electron chi connectivity index (χ0n) is 13.7. The summed E-state index contributed by atoms with van der Waals surface area (Å²) in [7, 11) is 0. The van der Waals surface area contributed by atoms with Crippen molar-refractivity contribution >= 4 is 23.7 Å². The van der Waals surface area contributed by atoms with Crippen LogP contribution in [-0.4, -0.2) is 16.5 Å². The predicted octanol–water partition coefficient (Wildman–Crippen LogP) is 3.09. The minimum atomic E-state index is 0. The molecule has 6 heteroatoms. The molecule has 0 aliphatic heterocycles. The number of hydrogen-bond acceptors (Lipinski definition) is 5. The predicted molar refractivity (Wildman–Crippen MR) is 85.8 cm³/mol. The minimum absolute atomic E-state index is 0. The first-order chi connectivity index (χ1) is 8.81. The van der Waals surface area contributed by atoms with Gasteiger partial charge in [-0.05, 0) is 31.5 Å². The van der Waals surface area contributed by atoms with Crippen molar-refractivity contribution in [3.05, 3.63) is 34.9 Å². The first-order valence-corrected chi connectivity index (χ1v) is 7.00. The molecule has 0 radical (unpaired) electrons. The molecule has 0 saturated carbocycles. The quantitative estimate of drug-likeness (QED) is 0.804. The topological polar surface area (TPSA) is 77.8 Å². The van der Waals surface area contributed by atoms with Crippen molar-refractivity contribution in [2.24, 2.45) is 11.5 Å². The van der Waals surface area contributed by atoms with E-state index >= 15 is 0 Å². The van der Waals surface area contributed by atoms with Crippen LogP contribution in [0, 0.1) is 0 Å². The Kier molecular flexibility index (Phi) is 6.94. The van der Waals surface area contributed by atoms with Crippen LogP contribution in [0.2, 0.25) is 0 Å². The third kappa shape index (κ3) is 4.54. The summed E-state index contributed by atoms with van der Waals surface area (Å²) in [5, 5.41) is 3.05. The zero-order chi connectivity index (χ0) is 12.8. The average molecular weight is 302 g/mol. The summed E-state index contributed by atoms with van der Waals surface area (Å²) in [6.07, 6.45) is 6.57. The van der Waals surface area contributed by atoms with Gasteiger partial charge in [-0.3, -0.25) is 4.98 Å². The molecule has 0 amide bonds. The molecule has 0 spiro atoms. The van der Waals surface area contributed by atoms with Crippen LogP contribution in [0.3, 0.4) is 0 Å². The molecule has 0 aromatic carbocycles. The fourth-order valence-corrected chi connectivity index (χ4v) is 2.61. The monoisotopic (exact) mass is 301 g/mol.